The third-order valence-corrected chi connectivity index (χ3v) is 4.35. The summed E-state index contributed by atoms with van der Waals surface area (Å²) in [6.07, 6.45) is 0.188. The Bertz CT molecular complexity index is 877. The number of Topliss-reactive ketones (excluding diaryl/α,β-unsaturated/α-hetero) is 1. The van der Waals surface area contributed by atoms with Gasteiger partial charge in [0.2, 0.25) is 0 Å². The van der Waals surface area contributed by atoms with Gasteiger partial charge in [0.1, 0.15) is 0 Å². The van der Waals surface area contributed by atoms with Crippen LogP contribution in [-0.4, -0.2) is 11.7 Å². The van der Waals surface area contributed by atoms with Crippen molar-refractivity contribution in [3.8, 4) is 0 Å². The Kier molecular flexibility index (Phi) is 5.82. The fraction of sp³-hybridized carbons (Fsp3) is 0.0909. The normalized spacial score (nSPS) is 11.6. The van der Waals surface area contributed by atoms with Gasteiger partial charge in [0.25, 0.3) is 5.91 Å². The maximum atomic E-state index is 12.6. The van der Waals surface area contributed by atoms with E-state index in [-0.39, 0.29) is 18.1 Å². The van der Waals surface area contributed by atoms with Crippen molar-refractivity contribution in [2.24, 2.45) is 0 Å². The molecule has 0 saturated heterocycles. The Morgan fingerprint density at radius 3 is 1.96 bits per heavy atom. The molecule has 3 aromatic carbocycles. The molecule has 0 aliphatic carbocycles. The minimum absolute atomic E-state index is 0.0177. The third-order valence-electron chi connectivity index (χ3n) is 4.10. The summed E-state index contributed by atoms with van der Waals surface area (Å²) in [5.41, 5.74) is 2.02. The molecule has 1 atom stereocenters. The SMILES string of the molecule is O=C(CC(NC(=O)c1ccc(Cl)cc1)c1ccccc1)c1ccccc1. The van der Waals surface area contributed by atoms with Crippen molar-refractivity contribution in [3.05, 3.63) is 107 Å². The fourth-order valence-electron chi connectivity index (χ4n) is 2.71. The van der Waals surface area contributed by atoms with Crippen molar-refractivity contribution in [2.75, 3.05) is 0 Å². The van der Waals surface area contributed by atoms with Gasteiger partial charge in [0, 0.05) is 22.6 Å². The molecule has 0 fully saturated rings. The van der Waals surface area contributed by atoms with Crippen molar-refractivity contribution in [3.63, 3.8) is 0 Å². The van der Waals surface area contributed by atoms with Gasteiger partial charge in [0.15, 0.2) is 5.78 Å². The lowest BCUT2D eigenvalue weighted by Gasteiger charge is -2.19. The second kappa shape index (κ2) is 8.45. The molecule has 0 spiro atoms. The number of amides is 1. The number of carbonyl (C=O) groups excluding carboxylic acids is 2. The Morgan fingerprint density at radius 1 is 0.769 bits per heavy atom. The van der Waals surface area contributed by atoms with Gasteiger partial charge in [-0.25, -0.2) is 0 Å². The van der Waals surface area contributed by atoms with Crippen LogP contribution in [0.1, 0.15) is 38.7 Å². The van der Waals surface area contributed by atoms with Gasteiger partial charge >= 0.3 is 0 Å². The van der Waals surface area contributed by atoms with E-state index in [0.717, 1.165) is 5.56 Å². The maximum absolute atomic E-state index is 12.6. The first-order valence-electron chi connectivity index (χ1n) is 8.33. The van der Waals surface area contributed by atoms with Crippen molar-refractivity contribution in [2.45, 2.75) is 12.5 Å². The Morgan fingerprint density at radius 2 is 1.35 bits per heavy atom. The molecule has 130 valence electrons. The number of rotatable bonds is 6. The van der Waals surface area contributed by atoms with E-state index in [1.165, 1.54) is 0 Å². The Balaban J connectivity index is 1.81. The van der Waals surface area contributed by atoms with Crippen LogP contribution in [0.25, 0.3) is 0 Å². The van der Waals surface area contributed by atoms with Crippen molar-refractivity contribution in [1.82, 2.24) is 5.32 Å². The van der Waals surface area contributed by atoms with E-state index in [9.17, 15) is 9.59 Å². The van der Waals surface area contributed by atoms with E-state index in [1.54, 1.807) is 36.4 Å². The highest BCUT2D eigenvalue weighted by Crippen LogP contribution is 2.20. The Labute approximate surface area is 157 Å². The number of nitrogens with one attached hydrogen (secondary N) is 1. The molecule has 1 N–H and O–H groups in total. The summed E-state index contributed by atoms with van der Waals surface area (Å²) in [5.74, 6) is -0.257. The van der Waals surface area contributed by atoms with E-state index in [0.29, 0.717) is 16.1 Å². The highest BCUT2D eigenvalue weighted by atomic mass is 35.5. The van der Waals surface area contributed by atoms with Gasteiger partial charge in [0.05, 0.1) is 6.04 Å². The summed E-state index contributed by atoms with van der Waals surface area (Å²) in [6.45, 7) is 0. The summed E-state index contributed by atoms with van der Waals surface area (Å²) < 4.78 is 0. The number of benzene rings is 3. The van der Waals surface area contributed by atoms with Gasteiger partial charge < -0.3 is 5.32 Å². The van der Waals surface area contributed by atoms with Crippen LogP contribution in [0.4, 0.5) is 0 Å². The standard InChI is InChI=1S/C22H18ClNO2/c23-19-13-11-18(12-14-19)22(26)24-20(16-7-3-1-4-8-16)15-21(25)17-9-5-2-6-10-17/h1-14,20H,15H2,(H,24,26). The second-order valence-corrected chi connectivity index (χ2v) is 6.37. The molecule has 0 aliphatic heterocycles. The molecule has 3 nitrogen and oxygen atoms in total. The van der Waals surface area contributed by atoms with E-state index in [4.69, 9.17) is 11.6 Å². The molecule has 0 bridgehead atoms. The zero-order valence-corrected chi connectivity index (χ0v) is 14.8. The van der Waals surface area contributed by atoms with Crippen LogP contribution < -0.4 is 5.32 Å². The second-order valence-electron chi connectivity index (χ2n) is 5.94. The van der Waals surface area contributed by atoms with Crippen LogP contribution in [0.2, 0.25) is 5.02 Å². The van der Waals surface area contributed by atoms with Gasteiger partial charge in [-0.3, -0.25) is 9.59 Å². The summed E-state index contributed by atoms with van der Waals surface area (Å²) in [7, 11) is 0. The van der Waals surface area contributed by atoms with Crippen molar-refractivity contribution >= 4 is 23.3 Å². The molecule has 0 saturated carbocycles. The van der Waals surface area contributed by atoms with Gasteiger partial charge in [-0.1, -0.05) is 72.3 Å². The van der Waals surface area contributed by atoms with Crippen LogP contribution in [0.5, 0.6) is 0 Å². The molecule has 3 rings (SSSR count). The van der Waals surface area contributed by atoms with Crippen LogP contribution in [0.15, 0.2) is 84.9 Å². The molecule has 1 unspecified atom stereocenters. The first kappa shape index (κ1) is 17.9. The van der Waals surface area contributed by atoms with E-state index >= 15 is 0 Å². The molecule has 26 heavy (non-hydrogen) atoms. The lowest BCUT2D eigenvalue weighted by Crippen LogP contribution is -2.30. The summed E-state index contributed by atoms with van der Waals surface area (Å²) in [6, 6.07) is 24.9. The number of carbonyl (C=O) groups is 2. The minimum Gasteiger partial charge on any atom is -0.345 e. The minimum atomic E-state index is -0.410. The van der Waals surface area contributed by atoms with E-state index in [2.05, 4.69) is 5.32 Å². The van der Waals surface area contributed by atoms with Crippen molar-refractivity contribution < 1.29 is 9.59 Å². The number of ketones is 1. The third kappa shape index (κ3) is 4.58. The smallest absolute Gasteiger partial charge is 0.251 e. The predicted octanol–water partition coefficient (Wildman–Crippen LogP) is 5.08. The fourth-order valence-corrected chi connectivity index (χ4v) is 2.83. The highest BCUT2D eigenvalue weighted by Gasteiger charge is 2.20. The number of hydrogen-bond donors (Lipinski definition) is 1. The van der Waals surface area contributed by atoms with E-state index < -0.39 is 6.04 Å². The average molecular weight is 364 g/mol. The lowest BCUT2D eigenvalue weighted by atomic mass is 9.97. The monoisotopic (exact) mass is 363 g/mol. The predicted molar refractivity (Wildman–Crippen MR) is 103 cm³/mol. The topological polar surface area (TPSA) is 46.2 Å². The molecule has 1 amide bonds. The van der Waals surface area contributed by atoms with Crippen LogP contribution in [0.3, 0.4) is 0 Å². The summed E-state index contributed by atoms with van der Waals surface area (Å²) >= 11 is 5.88. The van der Waals surface area contributed by atoms with Gasteiger partial charge in [-0.15, -0.1) is 0 Å². The molecule has 0 aliphatic rings. The zero-order valence-electron chi connectivity index (χ0n) is 14.1. The summed E-state index contributed by atoms with van der Waals surface area (Å²) in [4.78, 5) is 25.2. The van der Waals surface area contributed by atoms with Gasteiger partial charge in [-0.2, -0.15) is 0 Å². The number of hydrogen-bond acceptors (Lipinski definition) is 2. The van der Waals surface area contributed by atoms with Crippen LogP contribution >= 0.6 is 11.6 Å². The first-order valence-corrected chi connectivity index (χ1v) is 8.71. The first-order chi connectivity index (χ1) is 12.6. The average Bonchev–Trinajstić information content (AvgIpc) is 2.69. The van der Waals surface area contributed by atoms with E-state index in [1.807, 2.05) is 48.5 Å². The number of halogens is 1. The Hall–Kier alpha value is -2.91. The largest absolute Gasteiger partial charge is 0.345 e. The lowest BCUT2D eigenvalue weighted by molar-refractivity contribution is 0.0912. The maximum Gasteiger partial charge on any atom is 0.251 e. The summed E-state index contributed by atoms with van der Waals surface area (Å²) in [5, 5.41) is 3.54. The molecule has 0 heterocycles. The molecular formula is C22H18ClNO2. The van der Waals surface area contributed by atoms with Crippen LogP contribution in [-0.2, 0) is 0 Å². The molecule has 0 radical (unpaired) electrons. The molecule has 3 aromatic rings. The molecule has 4 heteroatoms. The quantitative estimate of drug-likeness (QED) is 0.620. The van der Waals surface area contributed by atoms with Gasteiger partial charge in [-0.05, 0) is 29.8 Å². The molecular weight excluding hydrogens is 346 g/mol. The molecule has 0 aromatic heterocycles. The zero-order chi connectivity index (χ0) is 18.4. The van der Waals surface area contributed by atoms with Crippen LogP contribution in [0, 0.1) is 0 Å². The van der Waals surface area contributed by atoms with Crippen molar-refractivity contribution in [1.29, 1.82) is 0 Å². The highest BCUT2D eigenvalue weighted by molar-refractivity contribution is 6.30.